The molecule has 0 bridgehead atoms. The molecule has 0 aliphatic heterocycles. The van der Waals surface area contributed by atoms with E-state index in [2.05, 4.69) is 5.10 Å². The van der Waals surface area contributed by atoms with Gasteiger partial charge >= 0.3 is 0 Å². The standard InChI is InChI=1S/C22H20FN3O3/c1-25-21-17-8-7-15(23)12-19(17)26(22(28)18(21)13-24-25)10-9-16(27)11-14-5-3-4-6-20(14)29-2/h3-8,12-13H,9-11H2,1-2H3. The van der Waals surface area contributed by atoms with E-state index in [4.69, 9.17) is 4.74 Å². The maximum atomic E-state index is 13.9. The Balaban J connectivity index is 1.68. The third-order valence-electron chi connectivity index (χ3n) is 5.11. The highest BCUT2D eigenvalue weighted by Gasteiger charge is 2.16. The minimum atomic E-state index is -0.437. The van der Waals surface area contributed by atoms with Crippen molar-refractivity contribution in [1.82, 2.24) is 14.3 Å². The van der Waals surface area contributed by atoms with Gasteiger partial charge in [0.2, 0.25) is 0 Å². The number of ether oxygens (including phenoxy) is 1. The van der Waals surface area contributed by atoms with E-state index in [1.165, 1.54) is 22.9 Å². The molecule has 4 rings (SSSR count). The van der Waals surface area contributed by atoms with E-state index in [1.54, 1.807) is 31.0 Å². The van der Waals surface area contributed by atoms with Crippen molar-refractivity contribution in [3.05, 3.63) is 70.4 Å². The van der Waals surface area contributed by atoms with Crippen LogP contribution < -0.4 is 10.3 Å². The first-order valence-corrected chi connectivity index (χ1v) is 9.27. The zero-order valence-electron chi connectivity index (χ0n) is 16.2. The highest BCUT2D eigenvalue weighted by atomic mass is 19.1. The molecule has 0 fully saturated rings. The van der Waals surface area contributed by atoms with Gasteiger partial charge in [-0.05, 0) is 24.3 Å². The summed E-state index contributed by atoms with van der Waals surface area (Å²) in [5, 5.41) is 5.34. The summed E-state index contributed by atoms with van der Waals surface area (Å²) in [5.74, 6) is 0.187. The number of hydrogen-bond acceptors (Lipinski definition) is 4. The molecule has 6 nitrogen and oxygen atoms in total. The van der Waals surface area contributed by atoms with E-state index in [-0.39, 0.29) is 30.7 Å². The van der Waals surface area contributed by atoms with Crippen molar-refractivity contribution in [2.24, 2.45) is 7.05 Å². The van der Waals surface area contributed by atoms with Gasteiger partial charge in [-0.2, -0.15) is 5.10 Å². The number of hydrogen-bond donors (Lipinski definition) is 0. The number of benzene rings is 2. The number of aromatic nitrogens is 3. The van der Waals surface area contributed by atoms with Crippen LogP contribution in [0.25, 0.3) is 21.8 Å². The molecule has 2 aromatic carbocycles. The molecule has 0 spiro atoms. The van der Waals surface area contributed by atoms with Gasteiger partial charge in [-0.25, -0.2) is 4.39 Å². The number of methoxy groups -OCH3 is 1. The normalized spacial score (nSPS) is 11.3. The average molecular weight is 393 g/mol. The van der Waals surface area contributed by atoms with Crippen molar-refractivity contribution in [3.63, 3.8) is 0 Å². The van der Waals surface area contributed by atoms with Crippen molar-refractivity contribution in [3.8, 4) is 5.75 Å². The molecule has 0 N–H and O–H groups in total. The van der Waals surface area contributed by atoms with Gasteiger partial charge in [0.15, 0.2) is 0 Å². The maximum absolute atomic E-state index is 13.9. The van der Waals surface area contributed by atoms with Crippen LogP contribution in [0.5, 0.6) is 5.75 Å². The van der Waals surface area contributed by atoms with Gasteiger partial charge in [0.25, 0.3) is 5.56 Å². The number of carbonyl (C=O) groups is 1. The number of fused-ring (bicyclic) bond motifs is 3. The van der Waals surface area contributed by atoms with E-state index in [1.807, 2.05) is 18.2 Å². The first-order chi connectivity index (χ1) is 14.0. The lowest BCUT2D eigenvalue weighted by atomic mass is 10.1. The Morgan fingerprint density at radius 3 is 2.76 bits per heavy atom. The van der Waals surface area contributed by atoms with Crippen LogP contribution in [0.1, 0.15) is 12.0 Å². The second kappa shape index (κ2) is 7.50. The fourth-order valence-electron chi connectivity index (χ4n) is 3.70. The molecule has 0 aliphatic rings. The van der Waals surface area contributed by atoms with Crippen LogP contribution in [0, 0.1) is 5.82 Å². The molecule has 4 aromatic rings. The third-order valence-corrected chi connectivity index (χ3v) is 5.11. The Morgan fingerprint density at radius 2 is 1.97 bits per heavy atom. The maximum Gasteiger partial charge on any atom is 0.262 e. The molecule has 0 saturated heterocycles. The summed E-state index contributed by atoms with van der Waals surface area (Å²) in [6.07, 6.45) is 1.86. The molecule has 2 aromatic heterocycles. The summed E-state index contributed by atoms with van der Waals surface area (Å²) in [5.41, 5.74) is 1.63. The highest BCUT2D eigenvalue weighted by Crippen LogP contribution is 2.24. The SMILES string of the molecule is COc1ccccc1CC(=O)CCn1c(=O)c2cnn(C)c2c2ccc(F)cc21. The first-order valence-electron chi connectivity index (χ1n) is 9.27. The summed E-state index contributed by atoms with van der Waals surface area (Å²) < 4.78 is 22.3. The molecular formula is C22H20FN3O3. The van der Waals surface area contributed by atoms with Crippen LogP contribution in [0.15, 0.2) is 53.5 Å². The summed E-state index contributed by atoms with van der Waals surface area (Å²) >= 11 is 0. The smallest absolute Gasteiger partial charge is 0.262 e. The molecule has 0 saturated carbocycles. The predicted octanol–water partition coefficient (Wildman–Crippen LogP) is 3.24. The summed E-state index contributed by atoms with van der Waals surface area (Å²) in [6.45, 7) is 0.164. The number of ketones is 1. The second-order valence-electron chi connectivity index (χ2n) is 6.93. The van der Waals surface area contributed by atoms with Gasteiger partial charge in [0.05, 0.1) is 29.7 Å². The minimum absolute atomic E-state index is 0.0303. The van der Waals surface area contributed by atoms with E-state index in [9.17, 15) is 14.0 Å². The van der Waals surface area contributed by atoms with Crippen LogP contribution in [-0.2, 0) is 24.8 Å². The van der Waals surface area contributed by atoms with Crippen LogP contribution in [-0.4, -0.2) is 27.2 Å². The van der Waals surface area contributed by atoms with Crippen LogP contribution >= 0.6 is 0 Å². The number of halogens is 1. The predicted molar refractivity (Wildman–Crippen MR) is 109 cm³/mol. The van der Waals surface area contributed by atoms with E-state index in [0.29, 0.717) is 22.2 Å². The first kappa shape index (κ1) is 18.9. The molecule has 0 aliphatic carbocycles. The largest absolute Gasteiger partial charge is 0.496 e. The molecule has 0 radical (unpaired) electrons. The fourth-order valence-corrected chi connectivity index (χ4v) is 3.70. The van der Waals surface area contributed by atoms with Gasteiger partial charge in [0.1, 0.15) is 17.3 Å². The minimum Gasteiger partial charge on any atom is -0.496 e. The summed E-state index contributed by atoms with van der Waals surface area (Å²) in [4.78, 5) is 25.6. The summed E-state index contributed by atoms with van der Waals surface area (Å²) in [6, 6.07) is 11.7. The van der Waals surface area contributed by atoms with E-state index in [0.717, 1.165) is 10.9 Å². The van der Waals surface area contributed by atoms with Crippen LogP contribution in [0.3, 0.4) is 0 Å². The number of Topliss-reactive ketones (excluding diaryl/α,β-unsaturated/α-hetero) is 1. The lowest BCUT2D eigenvalue weighted by Gasteiger charge is -2.12. The molecule has 7 heteroatoms. The number of rotatable bonds is 6. The Kier molecular flexibility index (Phi) is 4.88. The zero-order chi connectivity index (χ0) is 20.5. The monoisotopic (exact) mass is 393 g/mol. The number of aryl methyl sites for hydroxylation is 2. The van der Waals surface area contributed by atoms with Crippen molar-refractivity contribution in [1.29, 1.82) is 0 Å². The molecule has 0 atom stereocenters. The van der Waals surface area contributed by atoms with Crippen molar-refractivity contribution in [2.45, 2.75) is 19.4 Å². The Labute approximate surface area is 166 Å². The van der Waals surface area contributed by atoms with Gasteiger partial charge in [-0.15, -0.1) is 0 Å². The third kappa shape index (κ3) is 3.40. The lowest BCUT2D eigenvalue weighted by Crippen LogP contribution is -2.22. The highest BCUT2D eigenvalue weighted by molar-refractivity contribution is 6.03. The number of nitrogens with zero attached hydrogens (tertiary/aromatic N) is 3. The molecular weight excluding hydrogens is 373 g/mol. The molecule has 29 heavy (non-hydrogen) atoms. The van der Waals surface area contributed by atoms with Gasteiger partial charge < -0.3 is 9.30 Å². The number of carbonyl (C=O) groups excluding carboxylic acids is 1. The lowest BCUT2D eigenvalue weighted by molar-refractivity contribution is -0.118. The molecule has 148 valence electrons. The average Bonchev–Trinajstić information content (AvgIpc) is 3.10. The van der Waals surface area contributed by atoms with Gasteiger partial charge in [-0.3, -0.25) is 14.3 Å². The Bertz CT molecular complexity index is 1290. The second-order valence-corrected chi connectivity index (χ2v) is 6.93. The van der Waals surface area contributed by atoms with Crippen molar-refractivity contribution >= 4 is 27.6 Å². The fraction of sp³-hybridized carbons (Fsp3) is 0.227. The quantitative estimate of drug-likeness (QED) is 0.504. The summed E-state index contributed by atoms with van der Waals surface area (Å²) in [7, 11) is 3.30. The molecule has 0 unspecified atom stereocenters. The van der Waals surface area contributed by atoms with Crippen molar-refractivity contribution in [2.75, 3.05) is 7.11 Å². The topological polar surface area (TPSA) is 66.1 Å². The van der Waals surface area contributed by atoms with Crippen LogP contribution in [0.4, 0.5) is 4.39 Å². The van der Waals surface area contributed by atoms with E-state index >= 15 is 0 Å². The van der Waals surface area contributed by atoms with E-state index < -0.39 is 5.82 Å². The number of pyridine rings is 1. The number of para-hydroxylation sites is 1. The van der Waals surface area contributed by atoms with Crippen LogP contribution in [0.2, 0.25) is 0 Å². The Hall–Kier alpha value is -3.48. The molecule has 0 amide bonds. The van der Waals surface area contributed by atoms with Gasteiger partial charge in [0, 0.05) is 37.4 Å². The van der Waals surface area contributed by atoms with Crippen molar-refractivity contribution < 1.29 is 13.9 Å². The van der Waals surface area contributed by atoms with Gasteiger partial charge in [-0.1, -0.05) is 18.2 Å². The zero-order valence-corrected chi connectivity index (χ0v) is 16.2. The molecule has 2 heterocycles. The Morgan fingerprint density at radius 1 is 1.17 bits per heavy atom.